The van der Waals surface area contributed by atoms with Crippen LogP contribution in [0.1, 0.15) is 35.2 Å². The maximum absolute atomic E-state index is 11.9. The lowest BCUT2D eigenvalue weighted by molar-refractivity contribution is 0.309. The lowest BCUT2D eigenvalue weighted by atomic mass is 9.99. The molecule has 4 rings (SSSR count). The summed E-state index contributed by atoms with van der Waals surface area (Å²) in [6.07, 6.45) is 6.76. The SMILES string of the molecule is COc1ccc(C=Cc2nn3c(C4CCCN(S(C)(=O)=O)C4)nnc3s2)cc1OC. The second-order valence-corrected chi connectivity index (χ2v) is 10.1. The Morgan fingerprint density at radius 1 is 1.17 bits per heavy atom. The molecule has 0 amide bonds. The summed E-state index contributed by atoms with van der Waals surface area (Å²) < 4.78 is 37.7. The molecule has 1 aromatic carbocycles. The molecule has 160 valence electrons. The molecule has 1 saturated heterocycles. The summed E-state index contributed by atoms with van der Waals surface area (Å²) in [6, 6.07) is 5.68. The average molecular weight is 450 g/mol. The van der Waals surface area contributed by atoms with Crippen LogP contribution in [0.25, 0.3) is 17.1 Å². The number of nitrogens with zero attached hydrogens (tertiary/aromatic N) is 5. The number of sulfonamides is 1. The van der Waals surface area contributed by atoms with Gasteiger partial charge >= 0.3 is 0 Å². The van der Waals surface area contributed by atoms with Crippen LogP contribution in [0.4, 0.5) is 0 Å². The zero-order valence-corrected chi connectivity index (χ0v) is 18.6. The third-order valence-corrected chi connectivity index (χ3v) is 7.21. The van der Waals surface area contributed by atoms with Gasteiger partial charge in [-0.15, -0.1) is 10.2 Å². The quantitative estimate of drug-likeness (QED) is 0.570. The van der Waals surface area contributed by atoms with E-state index in [-0.39, 0.29) is 5.92 Å². The molecule has 1 aliphatic heterocycles. The predicted molar refractivity (Wildman–Crippen MR) is 116 cm³/mol. The number of aromatic nitrogens is 4. The van der Waals surface area contributed by atoms with Crippen LogP contribution in [0.5, 0.6) is 11.5 Å². The molecule has 9 nitrogen and oxygen atoms in total. The maximum atomic E-state index is 11.9. The molecule has 1 aliphatic rings. The molecule has 0 radical (unpaired) electrons. The van der Waals surface area contributed by atoms with Crippen LogP contribution in [0.3, 0.4) is 0 Å². The molecule has 0 spiro atoms. The van der Waals surface area contributed by atoms with Crippen molar-refractivity contribution in [2.24, 2.45) is 0 Å². The highest BCUT2D eigenvalue weighted by molar-refractivity contribution is 7.88. The van der Waals surface area contributed by atoms with Crippen molar-refractivity contribution in [3.05, 3.63) is 34.6 Å². The molecule has 0 N–H and O–H groups in total. The summed E-state index contributed by atoms with van der Waals surface area (Å²) in [5.41, 5.74) is 0.954. The van der Waals surface area contributed by atoms with Crippen molar-refractivity contribution in [1.29, 1.82) is 0 Å². The van der Waals surface area contributed by atoms with E-state index in [1.54, 1.807) is 18.7 Å². The predicted octanol–water partition coefficient (Wildman–Crippen LogP) is 2.51. The fourth-order valence-electron chi connectivity index (χ4n) is 3.55. The van der Waals surface area contributed by atoms with Gasteiger partial charge in [0.1, 0.15) is 5.01 Å². The van der Waals surface area contributed by atoms with Gasteiger partial charge in [0.15, 0.2) is 17.3 Å². The molecular weight excluding hydrogens is 426 g/mol. The molecule has 3 aromatic rings. The molecule has 11 heteroatoms. The average Bonchev–Trinajstić information content (AvgIpc) is 3.31. The Kier molecular flexibility index (Phi) is 5.76. The van der Waals surface area contributed by atoms with E-state index in [2.05, 4.69) is 15.3 Å². The minimum absolute atomic E-state index is 0.0201. The number of rotatable bonds is 6. The van der Waals surface area contributed by atoms with Crippen molar-refractivity contribution < 1.29 is 17.9 Å². The van der Waals surface area contributed by atoms with E-state index >= 15 is 0 Å². The van der Waals surface area contributed by atoms with Gasteiger partial charge in [-0.05, 0) is 36.6 Å². The van der Waals surface area contributed by atoms with E-state index in [1.807, 2.05) is 30.4 Å². The van der Waals surface area contributed by atoms with E-state index in [1.165, 1.54) is 21.9 Å². The minimum Gasteiger partial charge on any atom is -0.493 e. The largest absolute Gasteiger partial charge is 0.493 e. The second-order valence-electron chi connectivity index (χ2n) is 7.10. The molecule has 0 bridgehead atoms. The van der Waals surface area contributed by atoms with Crippen molar-refractivity contribution >= 4 is 38.5 Å². The van der Waals surface area contributed by atoms with Crippen molar-refractivity contribution in [3.63, 3.8) is 0 Å². The number of fused-ring (bicyclic) bond motifs is 1. The summed E-state index contributed by atoms with van der Waals surface area (Å²) in [6.45, 7) is 0.960. The summed E-state index contributed by atoms with van der Waals surface area (Å²) in [7, 11) is -0.0143. The lowest BCUT2D eigenvalue weighted by Gasteiger charge is -2.29. The van der Waals surface area contributed by atoms with Crippen LogP contribution in [0, 0.1) is 0 Å². The normalized spacial score (nSPS) is 18.3. The van der Waals surface area contributed by atoms with Crippen LogP contribution in [0.15, 0.2) is 18.2 Å². The van der Waals surface area contributed by atoms with Gasteiger partial charge in [-0.2, -0.15) is 9.61 Å². The van der Waals surface area contributed by atoms with Gasteiger partial charge < -0.3 is 9.47 Å². The molecule has 1 atom stereocenters. The number of hydrogen-bond acceptors (Lipinski definition) is 8. The Labute approximate surface area is 179 Å². The van der Waals surface area contributed by atoms with Crippen molar-refractivity contribution in [3.8, 4) is 11.5 Å². The second kappa shape index (κ2) is 8.32. The van der Waals surface area contributed by atoms with E-state index < -0.39 is 10.0 Å². The number of piperidine rings is 1. The Balaban J connectivity index is 1.57. The summed E-state index contributed by atoms with van der Waals surface area (Å²) >= 11 is 1.43. The number of hydrogen-bond donors (Lipinski definition) is 0. The maximum Gasteiger partial charge on any atom is 0.234 e. The van der Waals surface area contributed by atoms with Gasteiger partial charge in [0.05, 0.1) is 20.5 Å². The standard InChI is InChI=1S/C19H23N5O4S2/c1-27-15-8-6-13(11-16(15)28-2)7-9-17-22-24-18(20-21-19(24)29-17)14-5-4-10-23(12-14)30(3,25)26/h6-9,11,14H,4-5,10,12H2,1-3H3. The molecule has 30 heavy (non-hydrogen) atoms. The van der Waals surface area contributed by atoms with Gasteiger partial charge in [-0.3, -0.25) is 0 Å². The fourth-order valence-corrected chi connectivity index (χ4v) is 5.21. The lowest BCUT2D eigenvalue weighted by Crippen LogP contribution is -2.38. The smallest absolute Gasteiger partial charge is 0.234 e. The van der Waals surface area contributed by atoms with Gasteiger partial charge in [0.25, 0.3) is 0 Å². The molecule has 1 fully saturated rings. The molecule has 0 aliphatic carbocycles. The molecule has 2 aromatic heterocycles. The third kappa shape index (κ3) is 4.18. The number of ether oxygens (including phenoxy) is 2. The molecule has 1 unspecified atom stereocenters. The number of methoxy groups -OCH3 is 2. The summed E-state index contributed by atoms with van der Waals surface area (Å²) in [4.78, 5) is 0.688. The Bertz CT molecular complexity index is 1180. The molecular formula is C19H23N5O4S2. The van der Waals surface area contributed by atoms with Crippen LogP contribution < -0.4 is 9.47 Å². The first kappa shape index (κ1) is 20.8. The zero-order valence-electron chi connectivity index (χ0n) is 17.0. The number of benzene rings is 1. The van der Waals surface area contributed by atoms with E-state index in [0.29, 0.717) is 35.4 Å². The van der Waals surface area contributed by atoms with Gasteiger partial charge in [0.2, 0.25) is 15.0 Å². The van der Waals surface area contributed by atoms with Crippen LogP contribution >= 0.6 is 11.3 Å². The topological polar surface area (TPSA) is 98.9 Å². The monoisotopic (exact) mass is 449 g/mol. The van der Waals surface area contributed by atoms with Crippen molar-refractivity contribution in [2.75, 3.05) is 33.6 Å². The van der Waals surface area contributed by atoms with E-state index in [9.17, 15) is 8.42 Å². The van der Waals surface area contributed by atoms with Gasteiger partial charge in [-0.25, -0.2) is 12.7 Å². The van der Waals surface area contributed by atoms with Crippen LogP contribution in [-0.4, -0.2) is 66.1 Å². The van der Waals surface area contributed by atoms with Gasteiger partial charge in [0, 0.05) is 19.0 Å². The van der Waals surface area contributed by atoms with Gasteiger partial charge in [-0.1, -0.05) is 23.5 Å². The Morgan fingerprint density at radius 2 is 1.97 bits per heavy atom. The first-order valence-corrected chi connectivity index (χ1v) is 12.1. The third-order valence-electron chi connectivity index (χ3n) is 5.07. The molecule has 0 saturated carbocycles. The minimum atomic E-state index is -3.22. The van der Waals surface area contributed by atoms with Crippen LogP contribution in [-0.2, 0) is 10.0 Å². The van der Waals surface area contributed by atoms with Crippen LogP contribution in [0.2, 0.25) is 0 Å². The first-order valence-electron chi connectivity index (χ1n) is 9.46. The Morgan fingerprint density at radius 3 is 2.70 bits per heavy atom. The summed E-state index contributed by atoms with van der Waals surface area (Å²) in [5.74, 6) is 2.02. The molecule has 3 heterocycles. The highest BCUT2D eigenvalue weighted by Gasteiger charge is 2.30. The highest BCUT2D eigenvalue weighted by Crippen LogP contribution is 2.30. The van der Waals surface area contributed by atoms with E-state index in [4.69, 9.17) is 9.47 Å². The van der Waals surface area contributed by atoms with Crippen molar-refractivity contribution in [2.45, 2.75) is 18.8 Å². The fraction of sp³-hybridized carbons (Fsp3) is 0.421. The van der Waals surface area contributed by atoms with Crippen molar-refractivity contribution in [1.82, 2.24) is 24.1 Å². The highest BCUT2D eigenvalue weighted by atomic mass is 32.2. The zero-order chi connectivity index (χ0) is 21.3. The summed E-state index contributed by atoms with van der Waals surface area (Å²) in [5, 5.41) is 13.9. The Hall–Kier alpha value is -2.50. The van der Waals surface area contributed by atoms with E-state index in [0.717, 1.165) is 23.4 Å². The first-order chi connectivity index (χ1) is 14.4.